The van der Waals surface area contributed by atoms with Crippen LogP contribution < -0.4 is 0 Å². The van der Waals surface area contributed by atoms with Crippen molar-refractivity contribution >= 4 is 0 Å². The van der Waals surface area contributed by atoms with Gasteiger partial charge in [0.1, 0.15) is 5.82 Å². The number of rotatable bonds is 2. The predicted molar refractivity (Wildman–Crippen MR) is 73.4 cm³/mol. The minimum Gasteiger partial charge on any atom is -0.388 e. The summed E-state index contributed by atoms with van der Waals surface area (Å²) >= 11 is 0. The molecular weight excluding hydrogens is 243 g/mol. The molecule has 0 saturated carbocycles. The lowest BCUT2D eigenvalue weighted by Crippen LogP contribution is -2.32. The molecule has 0 aliphatic carbocycles. The molecule has 2 atom stereocenters. The van der Waals surface area contributed by atoms with Gasteiger partial charge in [0.15, 0.2) is 0 Å². The number of hydrogen-bond donors (Lipinski definition) is 1. The average Bonchev–Trinajstić information content (AvgIpc) is 2.44. The molecule has 2 nitrogen and oxygen atoms in total. The van der Waals surface area contributed by atoms with Crippen LogP contribution in [0.5, 0.6) is 0 Å². The van der Waals surface area contributed by atoms with Gasteiger partial charge in [-0.25, -0.2) is 4.39 Å². The predicted octanol–water partition coefficient (Wildman–Crippen LogP) is 3.76. The SMILES string of the molecule is Cc1cc(F)cc(C(O)C2CC(C)(C)OC2(C)C)c1. The van der Waals surface area contributed by atoms with Crippen LogP contribution in [0.4, 0.5) is 4.39 Å². The monoisotopic (exact) mass is 266 g/mol. The molecule has 1 saturated heterocycles. The maximum atomic E-state index is 13.5. The Balaban J connectivity index is 2.31. The highest BCUT2D eigenvalue weighted by Gasteiger charge is 2.49. The number of ether oxygens (including phenoxy) is 1. The molecule has 1 aliphatic rings. The van der Waals surface area contributed by atoms with E-state index in [0.29, 0.717) is 5.56 Å². The van der Waals surface area contributed by atoms with Gasteiger partial charge in [0.05, 0.1) is 17.3 Å². The van der Waals surface area contributed by atoms with Crippen LogP contribution in [0.15, 0.2) is 18.2 Å². The molecule has 1 aromatic rings. The van der Waals surface area contributed by atoms with Crippen molar-refractivity contribution in [2.75, 3.05) is 0 Å². The van der Waals surface area contributed by atoms with Crippen molar-refractivity contribution in [3.63, 3.8) is 0 Å². The lowest BCUT2D eigenvalue weighted by Gasteiger charge is -2.30. The molecule has 2 unspecified atom stereocenters. The quantitative estimate of drug-likeness (QED) is 0.883. The fourth-order valence-corrected chi connectivity index (χ4v) is 3.26. The van der Waals surface area contributed by atoms with Gasteiger partial charge in [-0.15, -0.1) is 0 Å². The first-order valence-electron chi connectivity index (χ1n) is 6.76. The van der Waals surface area contributed by atoms with Crippen molar-refractivity contribution in [1.29, 1.82) is 0 Å². The Bertz CT molecular complexity index is 459. The summed E-state index contributed by atoms with van der Waals surface area (Å²) in [6.07, 6.45) is 0.0580. The first-order valence-corrected chi connectivity index (χ1v) is 6.76. The number of hydrogen-bond acceptors (Lipinski definition) is 2. The van der Waals surface area contributed by atoms with Crippen molar-refractivity contribution in [1.82, 2.24) is 0 Å². The number of benzene rings is 1. The molecule has 1 heterocycles. The van der Waals surface area contributed by atoms with Crippen LogP contribution in [-0.4, -0.2) is 16.3 Å². The lowest BCUT2D eigenvalue weighted by atomic mass is 9.80. The van der Waals surface area contributed by atoms with Gasteiger partial charge in [-0.2, -0.15) is 0 Å². The zero-order valence-corrected chi connectivity index (χ0v) is 12.3. The lowest BCUT2D eigenvalue weighted by molar-refractivity contribution is -0.0880. The van der Waals surface area contributed by atoms with E-state index in [1.165, 1.54) is 12.1 Å². The molecule has 1 aromatic carbocycles. The Kier molecular flexibility index (Phi) is 3.48. The molecule has 2 rings (SSSR count). The van der Waals surface area contributed by atoms with E-state index >= 15 is 0 Å². The number of halogens is 1. The molecule has 19 heavy (non-hydrogen) atoms. The summed E-state index contributed by atoms with van der Waals surface area (Å²) < 4.78 is 19.5. The summed E-state index contributed by atoms with van der Waals surface area (Å²) in [6, 6.07) is 4.73. The zero-order chi connectivity index (χ0) is 14.4. The van der Waals surface area contributed by atoms with E-state index in [1.54, 1.807) is 0 Å². The second-order valence-electron chi connectivity index (χ2n) is 6.78. The number of aliphatic hydroxyl groups excluding tert-OH is 1. The van der Waals surface area contributed by atoms with Crippen LogP contribution in [0, 0.1) is 18.7 Å². The molecule has 1 aliphatic heterocycles. The van der Waals surface area contributed by atoms with Crippen molar-refractivity contribution in [2.45, 2.75) is 58.3 Å². The van der Waals surface area contributed by atoms with E-state index < -0.39 is 11.7 Å². The maximum Gasteiger partial charge on any atom is 0.123 e. The first kappa shape index (κ1) is 14.5. The minimum atomic E-state index is -0.703. The fourth-order valence-electron chi connectivity index (χ4n) is 3.26. The summed E-state index contributed by atoms with van der Waals surface area (Å²) in [5.41, 5.74) is 0.794. The normalized spacial score (nSPS) is 26.4. The summed E-state index contributed by atoms with van der Waals surface area (Å²) in [6.45, 7) is 9.86. The highest BCUT2D eigenvalue weighted by Crippen LogP contribution is 2.47. The third-order valence-corrected chi connectivity index (χ3v) is 3.93. The highest BCUT2D eigenvalue weighted by molar-refractivity contribution is 5.26. The van der Waals surface area contributed by atoms with E-state index in [1.807, 2.05) is 40.7 Å². The molecule has 106 valence electrons. The van der Waals surface area contributed by atoms with Crippen molar-refractivity contribution in [2.24, 2.45) is 5.92 Å². The minimum absolute atomic E-state index is 0.0382. The zero-order valence-electron chi connectivity index (χ0n) is 12.3. The average molecular weight is 266 g/mol. The topological polar surface area (TPSA) is 29.5 Å². The molecular formula is C16H23FO2. The second-order valence-corrected chi connectivity index (χ2v) is 6.78. The van der Waals surface area contributed by atoms with Crippen LogP contribution in [0.1, 0.15) is 51.3 Å². The van der Waals surface area contributed by atoms with Crippen LogP contribution >= 0.6 is 0 Å². The molecule has 1 N–H and O–H groups in total. The van der Waals surface area contributed by atoms with Crippen LogP contribution in [0.2, 0.25) is 0 Å². The van der Waals surface area contributed by atoms with Crippen molar-refractivity contribution < 1.29 is 14.2 Å². The Morgan fingerprint density at radius 1 is 1.26 bits per heavy atom. The second kappa shape index (κ2) is 4.57. The molecule has 0 spiro atoms. The van der Waals surface area contributed by atoms with Crippen LogP contribution in [-0.2, 0) is 4.74 Å². The molecule has 1 fully saturated rings. The summed E-state index contributed by atoms with van der Waals surface area (Å²) in [5.74, 6) is -0.339. The van der Waals surface area contributed by atoms with Gasteiger partial charge >= 0.3 is 0 Å². The van der Waals surface area contributed by atoms with Gasteiger partial charge in [0.2, 0.25) is 0 Å². The Morgan fingerprint density at radius 2 is 1.89 bits per heavy atom. The molecule has 0 bridgehead atoms. The van der Waals surface area contributed by atoms with Crippen LogP contribution in [0.25, 0.3) is 0 Å². The van der Waals surface area contributed by atoms with E-state index in [9.17, 15) is 9.50 Å². The largest absolute Gasteiger partial charge is 0.388 e. The summed E-state index contributed by atoms with van der Waals surface area (Å²) in [4.78, 5) is 0. The van der Waals surface area contributed by atoms with Gasteiger partial charge in [-0.1, -0.05) is 6.07 Å². The standard InChI is InChI=1S/C16H23FO2/c1-10-6-11(8-12(17)7-10)14(18)13-9-15(2,3)19-16(13,4)5/h6-8,13-14,18H,9H2,1-5H3. The maximum absolute atomic E-state index is 13.5. The molecule has 0 radical (unpaired) electrons. The third-order valence-electron chi connectivity index (χ3n) is 3.93. The van der Waals surface area contributed by atoms with Crippen molar-refractivity contribution in [3.8, 4) is 0 Å². The smallest absolute Gasteiger partial charge is 0.123 e. The number of aryl methyl sites for hydroxylation is 1. The first-order chi connectivity index (χ1) is 8.61. The van der Waals surface area contributed by atoms with Crippen LogP contribution in [0.3, 0.4) is 0 Å². The Labute approximate surface area is 114 Å². The fraction of sp³-hybridized carbons (Fsp3) is 0.625. The number of aliphatic hydroxyl groups is 1. The molecule has 3 heteroatoms. The van der Waals surface area contributed by atoms with Crippen molar-refractivity contribution in [3.05, 3.63) is 35.1 Å². The van der Waals surface area contributed by atoms with E-state index in [0.717, 1.165) is 12.0 Å². The molecule has 0 amide bonds. The summed E-state index contributed by atoms with van der Waals surface area (Å²) in [7, 11) is 0. The van der Waals surface area contributed by atoms with E-state index in [2.05, 4.69) is 0 Å². The summed E-state index contributed by atoms with van der Waals surface area (Å²) in [5, 5.41) is 10.6. The van der Waals surface area contributed by atoms with Gasteiger partial charge in [0.25, 0.3) is 0 Å². The Hall–Kier alpha value is -0.930. The van der Waals surface area contributed by atoms with E-state index in [-0.39, 0.29) is 17.3 Å². The van der Waals surface area contributed by atoms with Gasteiger partial charge in [0, 0.05) is 5.92 Å². The van der Waals surface area contributed by atoms with E-state index in [4.69, 9.17) is 4.74 Å². The van der Waals surface area contributed by atoms with Gasteiger partial charge in [-0.05, 0) is 64.3 Å². The van der Waals surface area contributed by atoms with Gasteiger partial charge in [-0.3, -0.25) is 0 Å². The van der Waals surface area contributed by atoms with Gasteiger partial charge < -0.3 is 9.84 Å². The third kappa shape index (κ3) is 2.98. The molecule has 0 aromatic heterocycles. The Morgan fingerprint density at radius 3 is 2.37 bits per heavy atom. The highest BCUT2D eigenvalue weighted by atomic mass is 19.1.